The molecule has 0 aliphatic carbocycles. The summed E-state index contributed by atoms with van der Waals surface area (Å²) in [6, 6.07) is 0. The molecular formula is C18H44. The van der Waals surface area contributed by atoms with E-state index in [0.29, 0.717) is 0 Å². The normalized spacial score (nSPS) is 5.33. The van der Waals surface area contributed by atoms with E-state index in [1.54, 1.807) is 0 Å². The topological polar surface area (TPSA) is 0 Å². The third-order valence-electron chi connectivity index (χ3n) is 0.500. The van der Waals surface area contributed by atoms with Gasteiger partial charge in [-0.05, 0) is 5.92 Å². The van der Waals surface area contributed by atoms with Crippen LogP contribution in [0.1, 0.15) is 89.0 Å². The minimum atomic E-state index is 0. The molecule has 0 atom stereocenters. The van der Waals surface area contributed by atoms with Crippen molar-refractivity contribution in [2.75, 3.05) is 0 Å². The van der Waals surface area contributed by atoms with E-state index in [1.807, 2.05) is 13.8 Å². The zero-order valence-corrected chi connectivity index (χ0v) is 14.3. The molecule has 116 valence electrons. The summed E-state index contributed by atoms with van der Waals surface area (Å²) in [7, 11) is 0. The quantitative estimate of drug-likeness (QED) is 0.336. The Labute approximate surface area is 121 Å². The summed E-state index contributed by atoms with van der Waals surface area (Å²) < 4.78 is 0. The Morgan fingerprint density at radius 1 is 0.778 bits per heavy atom. The zero-order chi connectivity index (χ0) is 15.7. The zero-order valence-electron chi connectivity index (χ0n) is 14.3. The third-order valence-corrected chi connectivity index (χ3v) is 0.500. The molecule has 18 heavy (non-hydrogen) atoms. The van der Waals surface area contributed by atoms with Crippen LogP contribution in [0.4, 0.5) is 0 Å². The molecule has 0 aromatic rings. The number of unbranched alkanes of at least 4 members (excludes halogenated alkanes) is 1. The molecule has 0 aliphatic rings. The Morgan fingerprint density at radius 2 is 0.833 bits per heavy atom. The van der Waals surface area contributed by atoms with Gasteiger partial charge in [-0.2, -0.15) is 0 Å². The van der Waals surface area contributed by atoms with Crippen molar-refractivity contribution in [1.29, 1.82) is 0 Å². The fraction of sp³-hybridized carbons (Fsp3) is 0.778. The Bertz CT molecular complexity index is 54.9. The summed E-state index contributed by atoms with van der Waals surface area (Å²) in [5.74, 6) is 0.833. The largest absolute Gasteiger partial charge is 0.124 e. The molecule has 0 aromatic heterocycles. The van der Waals surface area contributed by atoms with Gasteiger partial charge in [0, 0.05) is 0 Å². The van der Waals surface area contributed by atoms with Gasteiger partial charge in [0.05, 0.1) is 0 Å². The summed E-state index contributed by atoms with van der Waals surface area (Å²) in [5.41, 5.74) is 0. The minimum absolute atomic E-state index is 0. The maximum absolute atomic E-state index is 4.00. The van der Waals surface area contributed by atoms with Crippen molar-refractivity contribution in [3.8, 4) is 12.8 Å². The fourth-order valence-corrected chi connectivity index (χ4v) is 0. The average Bonchev–Trinajstić information content (AvgIpc) is 2.36. The van der Waals surface area contributed by atoms with E-state index in [0.717, 1.165) is 5.92 Å². The highest BCUT2D eigenvalue weighted by molar-refractivity contribution is 4.47. The summed E-state index contributed by atoms with van der Waals surface area (Å²) >= 11 is 0. The van der Waals surface area contributed by atoms with Crippen molar-refractivity contribution in [2.45, 2.75) is 89.0 Å². The van der Waals surface area contributed by atoms with Crippen LogP contribution in [0.25, 0.3) is 0 Å². The van der Waals surface area contributed by atoms with Gasteiger partial charge in [0.1, 0.15) is 0 Å². The molecule has 0 spiro atoms. The molecule has 0 heteroatoms. The first-order valence-electron chi connectivity index (χ1n) is 6.89. The maximum atomic E-state index is 4.00. The van der Waals surface area contributed by atoms with Gasteiger partial charge < -0.3 is 0 Å². The molecule has 0 amide bonds. The molecule has 0 rings (SSSR count). The lowest BCUT2D eigenvalue weighted by atomic mass is 10.3. The van der Waals surface area contributed by atoms with Crippen molar-refractivity contribution in [1.82, 2.24) is 0 Å². The number of hydrogen-bond acceptors (Lipinski definition) is 0. The molecule has 0 unspecified atom stereocenters. The van der Waals surface area contributed by atoms with Crippen LogP contribution in [-0.4, -0.2) is 0 Å². The van der Waals surface area contributed by atoms with E-state index in [-0.39, 0.29) is 7.43 Å². The molecule has 0 aliphatic heterocycles. The van der Waals surface area contributed by atoms with E-state index in [4.69, 9.17) is 0 Å². The van der Waals surface area contributed by atoms with Crippen LogP contribution in [0.5, 0.6) is 0 Å². The summed E-state index contributed by atoms with van der Waals surface area (Å²) in [4.78, 5) is 0. The van der Waals surface area contributed by atoms with Crippen LogP contribution in [0.2, 0.25) is 0 Å². The van der Waals surface area contributed by atoms with Crippen LogP contribution >= 0.6 is 0 Å². The smallest absolute Gasteiger partial charge is 0.0500 e. The Morgan fingerprint density at radius 3 is 0.833 bits per heavy atom. The fourth-order valence-electron chi connectivity index (χ4n) is 0. The molecule has 0 radical (unpaired) electrons. The number of rotatable bonds is 1. The van der Waals surface area contributed by atoms with Crippen LogP contribution < -0.4 is 0 Å². The standard InChI is InChI=1S/2C4H10.C3H8.C2H6.C2H4.C2H2.CH4/c1-4(2)3;1-3-4-2;1-3-2;3*1-2;/h4H,1-3H3;3-4H2,1-2H3;3H2,1-2H3;1-2H3;1-2H2;1-2H;1H4. The van der Waals surface area contributed by atoms with E-state index in [9.17, 15) is 0 Å². The highest BCUT2D eigenvalue weighted by Crippen LogP contribution is 1.81. The first-order chi connectivity index (χ1) is 8.06. The maximum Gasteiger partial charge on any atom is -0.0500 e. The van der Waals surface area contributed by atoms with Crippen molar-refractivity contribution in [3.63, 3.8) is 0 Å². The molecule has 0 saturated heterocycles. The lowest BCUT2D eigenvalue weighted by molar-refractivity contribution is 0.737. The Hall–Kier alpha value is -0.700. The third kappa shape index (κ3) is 34800. The van der Waals surface area contributed by atoms with Gasteiger partial charge in [-0.25, -0.2) is 0 Å². The highest BCUT2D eigenvalue weighted by atomic mass is 13.7. The predicted molar refractivity (Wildman–Crippen MR) is 96.3 cm³/mol. The van der Waals surface area contributed by atoms with Gasteiger partial charge in [0.25, 0.3) is 0 Å². The van der Waals surface area contributed by atoms with Gasteiger partial charge in [-0.3, -0.25) is 0 Å². The average molecular weight is 261 g/mol. The molecule has 0 aromatic carbocycles. The van der Waals surface area contributed by atoms with Crippen molar-refractivity contribution in [2.24, 2.45) is 5.92 Å². The summed E-state index contributed by atoms with van der Waals surface area (Å²) in [6.45, 7) is 25.1. The second-order valence-corrected chi connectivity index (χ2v) is 3.44. The van der Waals surface area contributed by atoms with Crippen molar-refractivity contribution < 1.29 is 0 Å². The lowest BCUT2D eigenvalue weighted by Gasteiger charge is -1.79. The van der Waals surface area contributed by atoms with Gasteiger partial charge in [-0.1, -0.05) is 89.0 Å². The summed E-state index contributed by atoms with van der Waals surface area (Å²) in [6.07, 6.45) is 11.9. The predicted octanol–water partition coefficient (Wildman–Crippen LogP) is 7.60. The molecule has 0 bridgehead atoms. The number of terminal acetylenes is 1. The van der Waals surface area contributed by atoms with Crippen molar-refractivity contribution in [3.05, 3.63) is 13.2 Å². The molecular weight excluding hydrogens is 216 g/mol. The van der Waals surface area contributed by atoms with Gasteiger partial charge in [0.2, 0.25) is 0 Å². The van der Waals surface area contributed by atoms with Crippen molar-refractivity contribution >= 4 is 0 Å². The van der Waals surface area contributed by atoms with E-state index in [2.05, 4.69) is 74.5 Å². The molecule has 0 fully saturated rings. The van der Waals surface area contributed by atoms with E-state index in [1.165, 1.54) is 19.3 Å². The first-order valence-corrected chi connectivity index (χ1v) is 6.89. The van der Waals surface area contributed by atoms with Gasteiger partial charge >= 0.3 is 0 Å². The first kappa shape index (κ1) is 43.3. The van der Waals surface area contributed by atoms with Crippen LogP contribution in [-0.2, 0) is 0 Å². The summed E-state index contributed by atoms with van der Waals surface area (Å²) in [5, 5.41) is 0. The van der Waals surface area contributed by atoms with Gasteiger partial charge in [-0.15, -0.1) is 26.0 Å². The SMILES string of the molecule is C.C#C.C=C.CC.CC(C)C.CCC.CCCC. The van der Waals surface area contributed by atoms with Gasteiger partial charge in [0.15, 0.2) is 0 Å². The van der Waals surface area contributed by atoms with Crippen LogP contribution in [0.3, 0.4) is 0 Å². The molecule has 0 heterocycles. The van der Waals surface area contributed by atoms with E-state index < -0.39 is 0 Å². The second kappa shape index (κ2) is 136. The van der Waals surface area contributed by atoms with Crippen LogP contribution in [0.15, 0.2) is 13.2 Å². The Kier molecular flexibility index (Phi) is 327. The molecule has 0 nitrogen and oxygen atoms in total. The van der Waals surface area contributed by atoms with Crippen LogP contribution in [0, 0.1) is 18.8 Å². The molecule has 0 N–H and O–H groups in total. The Balaban J connectivity index is -0.0000000165. The minimum Gasteiger partial charge on any atom is -0.124 e. The lowest BCUT2D eigenvalue weighted by Crippen LogP contribution is -1.66. The monoisotopic (exact) mass is 260 g/mol. The number of hydrogen-bond donors (Lipinski definition) is 0. The molecule has 0 saturated carbocycles. The highest BCUT2D eigenvalue weighted by Gasteiger charge is 1.68. The second-order valence-electron chi connectivity index (χ2n) is 3.44. The van der Waals surface area contributed by atoms with E-state index >= 15 is 0 Å².